The first-order valence-electron chi connectivity index (χ1n) is 9.31. The SMILES string of the molecule is CCOc1ccc2nc(N3CCC(C(=O)N4CCCC4)CC3)sc2c1. The fraction of sp³-hybridized carbons (Fsp3) is 0.579. The molecular formula is C19H25N3O2S. The second kappa shape index (κ2) is 7.20. The van der Waals surface area contributed by atoms with Gasteiger partial charge in [-0.15, -0.1) is 0 Å². The molecule has 6 heteroatoms. The third kappa shape index (κ3) is 3.45. The molecule has 1 amide bonds. The molecule has 134 valence electrons. The number of thiazole rings is 1. The molecule has 0 N–H and O–H groups in total. The number of carbonyl (C=O) groups excluding carboxylic acids is 1. The van der Waals surface area contributed by atoms with Gasteiger partial charge in [0.25, 0.3) is 0 Å². The minimum absolute atomic E-state index is 0.202. The zero-order valence-corrected chi connectivity index (χ0v) is 15.6. The molecule has 2 aliphatic heterocycles. The number of hydrogen-bond donors (Lipinski definition) is 0. The van der Waals surface area contributed by atoms with E-state index in [1.54, 1.807) is 11.3 Å². The zero-order chi connectivity index (χ0) is 17.2. The Morgan fingerprint density at radius 2 is 2.00 bits per heavy atom. The number of anilines is 1. The van der Waals surface area contributed by atoms with Crippen molar-refractivity contribution in [1.82, 2.24) is 9.88 Å². The number of benzene rings is 1. The van der Waals surface area contributed by atoms with Crippen molar-refractivity contribution in [2.75, 3.05) is 37.7 Å². The van der Waals surface area contributed by atoms with Crippen molar-refractivity contribution >= 4 is 32.6 Å². The Bertz CT molecular complexity index is 746. The van der Waals surface area contributed by atoms with E-state index in [0.717, 1.165) is 60.1 Å². The molecule has 0 bridgehead atoms. The van der Waals surface area contributed by atoms with Gasteiger partial charge in [0.15, 0.2) is 5.13 Å². The standard InChI is InChI=1S/C19H25N3O2S/c1-2-24-15-5-6-16-17(13-15)25-19(20-16)22-11-7-14(8-12-22)18(23)21-9-3-4-10-21/h5-6,13-14H,2-4,7-12H2,1H3. The summed E-state index contributed by atoms with van der Waals surface area (Å²) in [6.45, 7) is 6.43. The van der Waals surface area contributed by atoms with Gasteiger partial charge in [0, 0.05) is 32.1 Å². The second-order valence-corrected chi connectivity index (χ2v) is 7.86. The number of nitrogens with zero attached hydrogens (tertiary/aromatic N) is 3. The average molecular weight is 359 g/mol. The summed E-state index contributed by atoms with van der Waals surface area (Å²) in [6.07, 6.45) is 4.21. The molecule has 0 radical (unpaired) electrons. The maximum atomic E-state index is 12.6. The fourth-order valence-electron chi connectivity index (χ4n) is 3.80. The maximum Gasteiger partial charge on any atom is 0.225 e. The minimum Gasteiger partial charge on any atom is -0.494 e. The summed E-state index contributed by atoms with van der Waals surface area (Å²) in [4.78, 5) is 21.7. The Labute approximate surface area is 152 Å². The van der Waals surface area contributed by atoms with Gasteiger partial charge in [-0.2, -0.15) is 0 Å². The highest BCUT2D eigenvalue weighted by atomic mass is 32.1. The molecule has 4 rings (SSSR count). The van der Waals surface area contributed by atoms with Gasteiger partial charge in [0.2, 0.25) is 5.91 Å². The predicted molar refractivity (Wildman–Crippen MR) is 102 cm³/mol. The molecule has 0 spiro atoms. The van der Waals surface area contributed by atoms with Crippen LogP contribution in [0.5, 0.6) is 5.75 Å². The number of aromatic nitrogens is 1. The lowest BCUT2D eigenvalue weighted by molar-refractivity contribution is -0.135. The summed E-state index contributed by atoms with van der Waals surface area (Å²) in [5, 5.41) is 1.07. The Kier molecular flexibility index (Phi) is 4.79. The molecule has 1 aromatic heterocycles. The average Bonchev–Trinajstić information content (AvgIpc) is 3.31. The van der Waals surface area contributed by atoms with E-state index in [9.17, 15) is 4.79 Å². The van der Waals surface area contributed by atoms with Crippen LogP contribution >= 0.6 is 11.3 Å². The first kappa shape index (κ1) is 16.6. The van der Waals surface area contributed by atoms with Gasteiger partial charge in [-0.05, 0) is 50.8 Å². The van der Waals surface area contributed by atoms with E-state index in [-0.39, 0.29) is 5.92 Å². The van der Waals surface area contributed by atoms with Crippen molar-refractivity contribution in [2.45, 2.75) is 32.6 Å². The molecular weight excluding hydrogens is 334 g/mol. The summed E-state index contributed by atoms with van der Waals surface area (Å²) in [5.74, 6) is 1.48. The monoisotopic (exact) mass is 359 g/mol. The Balaban J connectivity index is 1.41. The molecule has 25 heavy (non-hydrogen) atoms. The molecule has 2 aliphatic rings. The highest BCUT2D eigenvalue weighted by Gasteiger charge is 2.30. The van der Waals surface area contributed by atoms with Gasteiger partial charge >= 0.3 is 0 Å². The Hall–Kier alpha value is -1.82. The smallest absolute Gasteiger partial charge is 0.225 e. The van der Waals surface area contributed by atoms with Crippen LogP contribution in [0, 0.1) is 5.92 Å². The first-order valence-corrected chi connectivity index (χ1v) is 10.1. The van der Waals surface area contributed by atoms with Crippen LogP contribution in [0.1, 0.15) is 32.6 Å². The van der Waals surface area contributed by atoms with E-state index in [1.165, 1.54) is 12.8 Å². The van der Waals surface area contributed by atoms with Crippen LogP contribution in [0.15, 0.2) is 18.2 Å². The predicted octanol–water partition coefficient (Wildman–Crippen LogP) is 3.53. The van der Waals surface area contributed by atoms with Crippen molar-refractivity contribution in [3.05, 3.63) is 18.2 Å². The number of piperidine rings is 1. The third-order valence-electron chi connectivity index (χ3n) is 5.19. The van der Waals surface area contributed by atoms with Crippen molar-refractivity contribution in [1.29, 1.82) is 0 Å². The van der Waals surface area contributed by atoms with Crippen LogP contribution in [0.3, 0.4) is 0 Å². The summed E-state index contributed by atoms with van der Waals surface area (Å²) in [7, 11) is 0. The lowest BCUT2D eigenvalue weighted by Crippen LogP contribution is -2.41. The van der Waals surface area contributed by atoms with Crippen LogP contribution in [-0.2, 0) is 4.79 Å². The molecule has 2 aromatic rings. The van der Waals surface area contributed by atoms with E-state index in [2.05, 4.69) is 15.9 Å². The molecule has 3 heterocycles. The van der Waals surface area contributed by atoms with E-state index in [0.29, 0.717) is 12.5 Å². The molecule has 0 unspecified atom stereocenters. The molecule has 5 nitrogen and oxygen atoms in total. The molecule has 1 aromatic carbocycles. The van der Waals surface area contributed by atoms with Gasteiger partial charge in [0.1, 0.15) is 5.75 Å². The molecule has 2 saturated heterocycles. The number of carbonyl (C=O) groups is 1. The van der Waals surface area contributed by atoms with Gasteiger partial charge in [-0.25, -0.2) is 4.98 Å². The molecule has 0 aliphatic carbocycles. The van der Waals surface area contributed by atoms with E-state index >= 15 is 0 Å². The maximum absolute atomic E-state index is 12.6. The van der Waals surface area contributed by atoms with Crippen molar-refractivity contribution in [3.8, 4) is 5.75 Å². The van der Waals surface area contributed by atoms with E-state index in [4.69, 9.17) is 9.72 Å². The highest BCUT2D eigenvalue weighted by molar-refractivity contribution is 7.22. The van der Waals surface area contributed by atoms with Crippen molar-refractivity contribution in [3.63, 3.8) is 0 Å². The zero-order valence-electron chi connectivity index (χ0n) is 14.7. The third-order valence-corrected chi connectivity index (χ3v) is 6.27. The van der Waals surface area contributed by atoms with Crippen LogP contribution in [0.2, 0.25) is 0 Å². The largest absolute Gasteiger partial charge is 0.494 e. The van der Waals surface area contributed by atoms with Gasteiger partial charge in [-0.3, -0.25) is 4.79 Å². The number of fused-ring (bicyclic) bond motifs is 1. The molecule has 0 atom stereocenters. The lowest BCUT2D eigenvalue weighted by Gasteiger charge is -2.32. The topological polar surface area (TPSA) is 45.7 Å². The highest BCUT2D eigenvalue weighted by Crippen LogP contribution is 2.34. The quantitative estimate of drug-likeness (QED) is 0.838. The summed E-state index contributed by atoms with van der Waals surface area (Å²) < 4.78 is 6.74. The van der Waals surface area contributed by atoms with Gasteiger partial charge in [-0.1, -0.05) is 11.3 Å². The van der Waals surface area contributed by atoms with Crippen LogP contribution < -0.4 is 9.64 Å². The summed E-state index contributed by atoms with van der Waals surface area (Å²) in [5.41, 5.74) is 1.03. The Morgan fingerprint density at radius 3 is 2.72 bits per heavy atom. The number of hydrogen-bond acceptors (Lipinski definition) is 5. The van der Waals surface area contributed by atoms with Crippen LogP contribution in [0.4, 0.5) is 5.13 Å². The van der Waals surface area contributed by atoms with E-state index < -0.39 is 0 Å². The van der Waals surface area contributed by atoms with Gasteiger partial charge < -0.3 is 14.5 Å². The van der Waals surface area contributed by atoms with E-state index in [1.807, 2.05) is 19.1 Å². The number of amides is 1. The normalized spacial score (nSPS) is 18.9. The number of ether oxygens (including phenoxy) is 1. The number of rotatable bonds is 4. The number of likely N-dealkylation sites (tertiary alicyclic amines) is 1. The van der Waals surface area contributed by atoms with Crippen molar-refractivity contribution in [2.24, 2.45) is 5.92 Å². The van der Waals surface area contributed by atoms with Crippen molar-refractivity contribution < 1.29 is 9.53 Å². The first-order chi connectivity index (χ1) is 12.2. The lowest BCUT2D eigenvalue weighted by atomic mass is 9.95. The Morgan fingerprint density at radius 1 is 1.24 bits per heavy atom. The van der Waals surface area contributed by atoms with Crippen LogP contribution in [-0.4, -0.2) is 48.6 Å². The fourth-order valence-corrected chi connectivity index (χ4v) is 4.84. The molecule has 2 fully saturated rings. The van der Waals surface area contributed by atoms with Gasteiger partial charge in [0.05, 0.1) is 16.8 Å². The van der Waals surface area contributed by atoms with Crippen LogP contribution in [0.25, 0.3) is 10.2 Å². The second-order valence-electron chi connectivity index (χ2n) is 6.85. The minimum atomic E-state index is 0.202. The summed E-state index contributed by atoms with van der Waals surface area (Å²) >= 11 is 1.72. The summed E-state index contributed by atoms with van der Waals surface area (Å²) in [6, 6.07) is 6.09. The molecule has 0 saturated carbocycles.